The Hall–Kier alpha value is -2.25. The lowest BCUT2D eigenvalue weighted by atomic mass is 10.1. The lowest BCUT2D eigenvalue weighted by molar-refractivity contribution is 0.0791. The van der Waals surface area contributed by atoms with Gasteiger partial charge in [0.15, 0.2) is 5.78 Å². The number of carbonyl (C=O) groups is 2. The van der Waals surface area contributed by atoms with Gasteiger partial charge in [-0.2, -0.15) is 0 Å². The van der Waals surface area contributed by atoms with Gasteiger partial charge < -0.3 is 16.0 Å². The number of benzene rings is 1. The first-order chi connectivity index (χ1) is 12.3. The molecular formula is C19H22FN3O2S. The fourth-order valence-corrected chi connectivity index (χ4v) is 4.28. The second-order valence-electron chi connectivity index (χ2n) is 6.72. The van der Waals surface area contributed by atoms with Gasteiger partial charge in [0, 0.05) is 19.1 Å². The van der Waals surface area contributed by atoms with Crippen LogP contribution in [0.1, 0.15) is 44.5 Å². The maximum absolute atomic E-state index is 14.3. The zero-order valence-electron chi connectivity index (χ0n) is 15.1. The van der Waals surface area contributed by atoms with Crippen molar-refractivity contribution in [3.8, 4) is 0 Å². The molecule has 1 unspecified atom stereocenters. The van der Waals surface area contributed by atoms with Crippen LogP contribution >= 0.6 is 11.3 Å². The van der Waals surface area contributed by atoms with Crippen molar-refractivity contribution in [1.82, 2.24) is 4.90 Å². The number of Topliss-reactive ketones (excluding diaryl/α,β-unsaturated/α-hetero) is 1. The van der Waals surface area contributed by atoms with Crippen LogP contribution in [-0.2, 0) is 0 Å². The highest BCUT2D eigenvalue weighted by molar-refractivity contribution is 7.18. The Bertz CT molecular complexity index is 878. The van der Waals surface area contributed by atoms with Gasteiger partial charge in [0.25, 0.3) is 5.91 Å². The van der Waals surface area contributed by atoms with Gasteiger partial charge in [0.05, 0.1) is 16.1 Å². The number of amides is 1. The van der Waals surface area contributed by atoms with E-state index in [1.807, 2.05) is 6.92 Å². The molecule has 138 valence electrons. The first-order valence-electron chi connectivity index (χ1n) is 8.50. The average Bonchev–Trinajstić information content (AvgIpc) is 3.13. The molecule has 3 N–H and O–H groups in total. The summed E-state index contributed by atoms with van der Waals surface area (Å²) in [6.45, 7) is 6.11. The fourth-order valence-electron chi connectivity index (χ4n) is 3.17. The van der Waals surface area contributed by atoms with E-state index in [1.54, 1.807) is 24.0 Å². The topological polar surface area (TPSA) is 75.4 Å². The Balaban J connectivity index is 2.02. The van der Waals surface area contributed by atoms with Crippen LogP contribution in [-0.4, -0.2) is 35.7 Å². The van der Waals surface area contributed by atoms with E-state index in [4.69, 9.17) is 5.73 Å². The van der Waals surface area contributed by atoms with Crippen LogP contribution in [0.2, 0.25) is 0 Å². The van der Waals surface area contributed by atoms with Gasteiger partial charge in [-0.15, -0.1) is 11.3 Å². The number of nitrogens with zero attached hydrogens (tertiary/aromatic N) is 1. The summed E-state index contributed by atoms with van der Waals surface area (Å²) in [7, 11) is 0. The number of hydrogen-bond donors (Lipinski definition) is 2. The molecule has 1 aromatic heterocycles. The van der Waals surface area contributed by atoms with Crippen LogP contribution < -0.4 is 11.1 Å². The zero-order valence-corrected chi connectivity index (χ0v) is 15.9. The van der Waals surface area contributed by atoms with E-state index in [1.165, 1.54) is 24.3 Å². The lowest BCUT2D eigenvalue weighted by Crippen LogP contribution is -2.32. The number of nitrogens with two attached hydrogens (primary N) is 1. The molecular weight excluding hydrogens is 353 g/mol. The molecule has 1 saturated heterocycles. The van der Waals surface area contributed by atoms with E-state index in [9.17, 15) is 14.0 Å². The van der Waals surface area contributed by atoms with Crippen molar-refractivity contribution < 1.29 is 14.0 Å². The van der Waals surface area contributed by atoms with Crippen molar-refractivity contribution in [3.05, 3.63) is 45.6 Å². The second kappa shape index (κ2) is 7.17. The summed E-state index contributed by atoms with van der Waals surface area (Å²) in [6.07, 6.45) is 0.754. The predicted molar refractivity (Wildman–Crippen MR) is 102 cm³/mol. The van der Waals surface area contributed by atoms with Gasteiger partial charge in [-0.05, 0) is 50.5 Å². The summed E-state index contributed by atoms with van der Waals surface area (Å²) in [4.78, 5) is 27.2. The molecule has 2 aromatic rings. The summed E-state index contributed by atoms with van der Waals surface area (Å²) < 4.78 is 14.3. The van der Waals surface area contributed by atoms with Crippen molar-refractivity contribution in [2.45, 2.75) is 33.2 Å². The summed E-state index contributed by atoms with van der Waals surface area (Å²) in [6, 6.07) is 4.82. The highest BCUT2D eigenvalue weighted by Gasteiger charge is 2.30. The number of rotatable bonds is 4. The van der Waals surface area contributed by atoms with Crippen LogP contribution in [0.3, 0.4) is 0 Å². The van der Waals surface area contributed by atoms with E-state index in [-0.39, 0.29) is 23.4 Å². The van der Waals surface area contributed by atoms with E-state index < -0.39 is 5.82 Å². The fraction of sp³-hybridized carbons (Fsp3) is 0.368. The van der Waals surface area contributed by atoms with Crippen LogP contribution in [0.4, 0.5) is 15.1 Å². The number of aryl methyl sites for hydroxylation is 1. The maximum Gasteiger partial charge on any atom is 0.257 e. The predicted octanol–water partition coefficient (Wildman–Crippen LogP) is 3.62. The molecule has 0 spiro atoms. The Morgan fingerprint density at radius 3 is 2.65 bits per heavy atom. The highest BCUT2D eigenvalue weighted by Crippen LogP contribution is 2.37. The molecule has 1 aliphatic heterocycles. The van der Waals surface area contributed by atoms with Crippen LogP contribution in [0, 0.1) is 19.7 Å². The number of anilines is 2. The van der Waals surface area contributed by atoms with E-state index in [0.717, 1.165) is 12.0 Å². The van der Waals surface area contributed by atoms with Crippen molar-refractivity contribution in [3.63, 3.8) is 0 Å². The smallest absolute Gasteiger partial charge is 0.257 e. The van der Waals surface area contributed by atoms with Crippen LogP contribution in [0.5, 0.6) is 0 Å². The highest BCUT2D eigenvalue weighted by atomic mass is 32.1. The molecule has 1 amide bonds. The molecule has 0 radical (unpaired) electrons. The molecule has 5 nitrogen and oxygen atoms in total. The van der Waals surface area contributed by atoms with E-state index in [2.05, 4.69) is 5.32 Å². The van der Waals surface area contributed by atoms with Crippen LogP contribution in [0.15, 0.2) is 18.2 Å². The normalized spacial score (nSPS) is 16.8. The minimum absolute atomic E-state index is 0.0314. The summed E-state index contributed by atoms with van der Waals surface area (Å²) in [5.74, 6) is -0.687. The number of thiophene rings is 1. The summed E-state index contributed by atoms with van der Waals surface area (Å²) in [5, 5.41) is 3.50. The molecule has 0 saturated carbocycles. The monoisotopic (exact) mass is 375 g/mol. The molecule has 3 rings (SSSR count). The van der Waals surface area contributed by atoms with Crippen LogP contribution in [0.25, 0.3) is 0 Å². The van der Waals surface area contributed by atoms with Gasteiger partial charge >= 0.3 is 0 Å². The number of nitrogens with one attached hydrogen (secondary N) is 1. The summed E-state index contributed by atoms with van der Waals surface area (Å²) >= 11 is 1.18. The lowest BCUT2D eigenvalue weighted by Gasteiger charge is -2.17. The van der Waals surface area contributed by atoms with Crippen molar-refractivity contribution in [1.29, 1.82) is 0 Å². The quantitative estimate of drug-likeness (QED) is 0.801. The largest absolute Gasteiger partial charge is 0.344 e. The van der Waals surface area contributed by atoms with Gasteiger partial charge in [-0.3, -0.25) is 9.59 Å². The Morgan fingerprint density at radius 2 is 2.08 bits per heavy atom. The Labute approximate surface area is 156 Å². The number of hydrogen-bond acceptors (Lipinski definition) is 5. The Morgan fingerprint density at radius 1 is 1.35 bits per heavy atom. The van der Waals surface area contributed by atoms with Gasteiger partial charge in [0.1, 0.15) is 10.8 Å². The van der Waals surface area contributed by atoms with E-state index >= 15 is 0 Å². The maximum atomic E-state index is 14.3. The average molecular weight is 375 g/mol. The minimum atomic E-state index is -0.401. The van der Waals surface area contributed by atoms with Gasteiger partial charge in [-0.25, -0.2) is 4.39 Å². The third kappa shape index (κ3) is 3.50. The molecule has 0 bridgehead atoms. The van der Waals surface area contributed by atoms with Crippen molar-refractivity contribution >= 4 is 33.7 Å². The standard InChI is InChI=1S/C19H22FN3O2S/c1-10-4-5-15(14(20)8-10)22-18-16(11(2)17(26-18)12(3)24)19(25)23-7-6-13(21)9-23/h4-5,8,13,22H,6-7,9,21H2,1-3H3. The molecule has 7 heteroatoms. The molecule has 1 atom stereocenters. The molecule has 2 heterocycles. The second-order valence-corrected chi connectivity index (χ2v) is 7.75. The third-order valence-corrected chi connectivity index (χ3v) is 5.87. The molecule has 0 aliphatic carbocycles. The van der Waals surface area contributed by atoms with Crippen molar-refractivity contribution in [2.75, 3.05) is 18.4 Å². The minimum Gasteiger partial charge on any atom is -0.344 e. The molecule has 26 heavy (non-hydrogen) atoms. The zero-order chi connectivity index (χ0) is 19.0. The first-order valence-corrected chi connectivity index (χ1v) is 9.32. The number of likely N-dealkylation sites (tertiary alicyclic amines) is 1. The number of halogens is 1. The van der Waals surface area contributed by atoms with E-state index in [0.29, 0.717) is 34.1 Å². The Kier molecular flexibility index (Phi) is 5.11. The number of carbonyl (C=O) groups excluding carboxylic acids is 2. The van der Waals surface area contributed by atoms with Crippen molar-refractivity contribution in [2.24, 2.45) is 5.73 Å². The van der Waals surface area contributed by atoms with Gasteiger partial charge in [0.2, 0.25) is 0 Å². The third-order valence-electron chi connectivity index (χ3n) is 4.57. The van der Waals surface area contributed by atoms with Gasteiger partial charge in [-0.1, -0.05) is 6.07 Å². The first kappa shape index (κ1) is 18.5. The summed E-state index contributed by atoms with van der Waals surface area (Å²) in [5.41, 5.74) is 8.06. The molecule has 1 aliphatic rings. The molecule has 1 aromatic carbocycles. The molecule has 1 fully saturated rings. The SMILES string of the molecule is CC(=O)c1sc(Nc2ccc(C)cc2F)c(C(=O)N2CCC(N)C2)c1C. The number of ketones is 1.